The first-order chi connectivity index (χ1) is 10.5. The minimum Gasteiger partial charge on any atom is -0.379 e. The summed E-state index contributed by atoms with van der Waals surface area (Å²) in [6.45, 7) is 10.8. The molecule has 0 unspecified atom stereocenters. The van der Waals surface area contributed by atoms with E-state index < -0.39 is 0 Å². The Hall–Kier alpha value is -1.18. The number of hydrogen-bond acceptors (Lipinski definition) is 5. The fourth-order valence-corrected chi connectivity index (χ4v) is 3.25. The zero-order valence-electron chi connectivity index (χ0n) is 13.6. The molecule has 1 aromatic heterocycles. The van der Waals surface area contributed by atoms with E-state index in [0.717, 1.165) is 43.4 Å². The second kappa shape index (κ2) is 7.89. The minimum atomic E-state index is -0.138. The first-order valence-electron chi connectivity index (χ1n) is 7.79. The molecule has 2 N–H and O–H groups in total. The van der Waals surface area contributed by atoms with E-state index in [1.807, 2.05) is 12.3 Å². The predicted octanol–water partition coefficient (Wildman–Crippen LogP) is 1.75. The Kier molecular flexibility index (Phi) is 6.16. The van der Waals surface area contributed by atoms with Crippen molar-refractivity contribution in [2.24, 2.45) is 0 Å². The monoisotopic (exact) mass is 326 g/mol. The zero-order chi connectivity index (χ0) is 16.0. The van der Waals surface area contributed by atoms with Gasteiger partial charge in [0, 0.05) is 36.2 Å². The van der Waals surface area contributed by atoms with Crippen LogP contribution in [0.2, 0.25) is 0 Å². The average molecular weight is 326 g/mol. The molecule has 0 spiro atoms. The summed E-state index contributed by atoms with van der Waals surface area (Å²) >= 11 is 1.57. The average Bonchev–Trinajstić information content (AvgIpc) is 2.97. The van der Waals surface area contributed by atoms with Crippen LogP contribution in [0.3, 0.4) is 0 Å². The molecule has 1 atom stereocenters. The SMILES string of the molecule is CC[C@@](C)(CNC(=O)NCc1nc(C)cs1)N1CCOCC1. The van der Waals surface area contributed by atoms with Gasteiger partial charge in [-0.25, -0.2) is 9.78 Å². The molecule has 0 radical (unpaired) electrons. The lowest BCUT2D eigenvalue weighted by Crippen LogP contribution is -2.57. The van der Waals surface area contributed by atoms with Crippen LogP contribution in [0.25, 0.3) is 0 Å². The van der Waals surface area contributed by atoms with Gasteiger partial charge in [-0.05, 0) is 20.3 Å². The number of carbonyl (C=O) groups excluding carboxylic acids is 1. The van der Waals surface area contributed by atoms with E-state index in [-0.39, 0.29) is 11.6 Å². The third-order valence-corrected chi connectivity index (χ3v) is 5.20. The van der Waals surface area contributed by atoms with Crippen molar-refractivity contribution in [3.8, 4) is 0 Å². The van der Waals surface area contributed by atoms with Gasteiger partial charge < -0.3 is 15.4 Å². The van der Waals surface area contributed by atoms with Crippen LogP contribution in [0.4, 0.5) is 4.79 Å². The molecule has 0 bridgehead atoms. The fraction of sp³-hybridized carbons (Fsp3) is 0.733. The number of morpholine rings is 1. The number of rotatable bonds is 6. The lowest BCUT2D eigenvalue weighted by Gasteiger charge is -2.43. The number of nitrogens with zero attached hydrogens (tertiary/aromatic N) is 2. The Morgan fingerprint density at radius 1 is 1.45 bits per heavy atom. The molecule has 0 aliphatic carbocycles. The number of urea groups is 1. The van der Waals surface area contributed by atoms with E-state index in [1.54, 1.807) is 11.3 Å². The molecule has 1 aromatic rings. The standard InChI is InChI=1S/C15H26N4O2S/c1-4-15(3,19-5-7-21-8-6-19)11-17-14(20)16-9-13-18-12(2)10-22-13/h10H,4-9,11H2,1-3H3,(H2,16,17,20)/t15-/m0/s1. The number of nitrogens with one attached hydrogen (secondary N) is 2. The van der Waals surface area contributed by atoms with Crippen molar-refractivity contribution in [3.63, 3.8) is 0 Å². The number of aromatic nitrogens is 1. The molecule has 1 saturated heterocycles. The summed E-state index contributed by atoms with van der Waals surface area (Å²) in [7, 11) is 0. The lowest BCUT2D eigenvalue weighted by atomic mass is 9.95. The van der Waals surface area contributed by atoms with E-state index in [2.05, 4.69) is 34.4 Å². The molecule has 124 valence electrons. The summed E-state index contributed by atoms with van der Waals surface area (Å²) < 4.78 is 5.41. The van der Waals surface area contributed by atoms with E-state index in [9.17, 15) is 4.79 Å². The highest BCUT2D eigenvalue weighted by Gasteiger charge is 2.31. The van der Waals surface area contributed by atoms with Gasteiger partial charge in [-0.1, -0.05) is 6.92 Å². The highest BCUT2D eigenvalue weighted by molar-refractivity contribution is 7.09. The zero-order valence-corrected chi connectivity index (χ0v) is 14.5. The number of hydrogen-bond donors (Lipinski definition) is 2. The van der Waals surface area contributed by atoms with Gasteiger partial charge in [-0.3, -0.25) is 4.90 Å². The molecule has 1 aliphatic rings. The van der Waals surface area contributed by atoms with Gasteiger partial charge in [0.05, 0.1) is 19.8 Å². The number of amides is 2. The summed E-state index contributed by atoms with van der Waals surface area (Å²) in [5.74, 6) is 0. The Labute approximate surface area is 136 Å². The van der Waals surface area contributed by atoms with E-state index in [1.165, 1.54) is 0 Å². The minimum absolute atomic E-state index is 0.0289. The Morgan fingerprint density at radius 3 is 2.77 bits per heavy atom. The van der Waals surface area contributed by atoms with Crippen molar-refractivity contribution in [1.82, 2.24) is 20.5 Å². The number of thiazole rings is 1. The van der Waals surface area contributed by atoms with Crippen molar-refractivity contribution in [2.75, 3.05) is 32.8 Å². The molecular weight excluding hydrogens is 300 g/mol. The molecule has 2 amide bonds. The van der Waals surface area contributed by atoms with Gasteiger partial charge >= 0.3 is 6.03 Å². The van der Waals surface area contributed by atoms with Gasteiger partial charge in [0.15, 0.2) is 0 Å². The quantitative estimate of drug-likeness (QED) is 0.836. The molecule has 2 heterocycles. The van der Waals surface area contributed by atoms with E-state index in [0.29, 0.717) is 13.1 Å². The van der Waals surface area contributed by atoms with Gasteiger partial charge in [0.2, 0.25) is 0 Å². The van der Waals surface area contributed by atoms with Crippen LogP contribution in [0.5, 0.6) is 0 Å². The molecule has 0 saturated carbocycles. The number of ether oxygens (including phenoxy) is 1. The Morgan fingerprint density at radius 2 is 2.18 bits per heavy atom. The van der Waals surface area contributed by atoms with Crippen molar-refractivity contribution in [1.29, 1.82) is 0 Å². The van der Waals surface area contributed by atoms with Crippen LogP contribution >= 0.6 is 11.3 Å². The van der Waals surface area contributed by atoms with E-state index in [4.69, 9.17) is 4.74 Å². The number of aryl methyl sites for hydroxylation is 1. The third-order valence-electron chi connectivity index (χ3n) is 4.23. The summed E-state index contributed by atoms with van der Waals surface area (Å²) in [6, 6.07) is -0.138. The highest BCUT2D eigenvalue weighted by Crippen LogP contribution is 2.19. The molecule has 1 fully saturated rings. The van der Waals surface area contributed by atoms with Gasteiger partial charge in [0.25, 0.3) is 0 Å². The first kappa shape index (κ1) is 17.2. The van der Waals surface area contributed by atoms with Crippen molar-refractivity contribution in [3.05, 3.63) is 16.1 Å². The van der Waals surface area contributed by atoms with Crippen molar-refractivity contribution in [2.45, 2.75) is 39.3 Å². The van der Waals surface area contributed by atoms with Crippen LogP contribution in [-0.4, -0.2) is 54.3 Å². The Balaban J connectivity index is 1.77. The molecule has 2 rings (SSSR count). The molecule has 7 heteroatoms. The predicted molar refractivity (Wildman–Crippen MR) is 88.2 cm³/mol. The third kappa shape index (κ3) is 4.66. The van der Waals surface area contributed by atoms with Gasteiger partial charge in [-0.2, -0.15) is 0 Å². The maximum atomic E-state index is 12.0. The van der Waals surface area contributed by atoms with Gasteiger partial charge in [-0.15, -0.1) is 11.3 Å². The molecule has 0 aromatic carbocycles. The Bertz CT molecular complexity index is 488. The molecule has 22 heavy (non-hydrogen) atoms. The normalized spacial score (nSPS) is 18.7. The molecular formula is C15H26N4O2S. The van der Waals surface area contributed by atoms with Crippen molar-refractivity contribution < 1.29 is 9.53 Å². The second-order valence-corrected chi connectivity index (χ2v) is 6.81. The summed E-state index contributed by atoms with van der Waals surface area (Å²) in [6.07, 6.45) is 0.985. The smallest absolute Gasteiger partial charge is 0.315 e. The highest BCUT2D eigenvalue weighted by atomic mass is 32.1. The topological polar surface area (TPSA) is 66.5 Å². The van der Waals surface area contributed by atoms with Crippen LogP contribution in [0.1, 0.15) is 31.0 Å². The van der Waals surface area contributed by atoms with Crippen LogP contribution in [0.15, 0.2) is 5.38 Å². The van der Waals surface area contributed by atoms with Gasteiger partial charge in [0.1, 0.15) is 5.01 Å². The van der Waals surface area contributed by atoms with Crippen molar-refractivity contribution >= 4 is 17.4 Å². The maximum absolute atomic E-state index is 12.0. The summed E-state index contributed by atoms with van der Waals surface area (Å²) in [5, 5.41) is 8.78. The van der Waals surface area contributed by atoms with Crippen LogP contribution in [-0.2, 0) is 11.3 Å². The second-order valence-electron chi connectivity index (χ2n) is 5.87. The largest absolute Gasteiger partial charge is 0.379 e. The van der Waals surface area contributed by atoms with Crippen LogP contribution < -0.4 is 10.6 Å². The molecule has 1 aliphatic heterocycles. The fourth-order valence-electron chi connectivity index (χ4n) is 2.54. The summed E-state index contributed by atoms with van der Waals surface area (Å²) in [5.41, 5.74) is 0.965. The lowest BCUT2D eigenvalue weighted by molar-refractivity contribution is -0.0165. The van der Waals surface area contributed by atoms with E-state index >= 15 is 0 Å². The van der Waals surface area contributed by atoms with Crippen LogP contribution in [0, 0.1) is 6.92 Å². The first-order valence-corrected chi connectivity index (χ1v) is 8.67. The number of carbonyl (C=O) groups is 1. The summed E-state index contributed by atoms with van der Waals surface area (Å²) in [4.78, 5) is 18.7. The molecule has 6 nitrogen and oxygen atoms in total. The maximum Gasteiger partial charge on any atom is 0.315 e.